The fourth-order valence-corrected chi connectivity index (χ4v) is 3.91. The minimum atomic E-state index is -0.659. The average molecular weight is 452 g/mol. The molecule has 0 amide bonds. The number of nitrogens with zero attached hydrogens (tertiary/aromatic N) is 2. The third-order valence-corrected chi connectivity index (χ3v) is 5.63. The lowest BCUT2D eigenvalue weighted by Gasteiger charge is -2.20. The van der Waals surface area contributed by atoms with E-state index in [9.17, 15) is 4.39 Å². The molecular weight excluding hydrogens is 428 g/mol. The molecule has 9 heteroatoms. The van der Waals surface area contributed by atoms with E-state index >= 15 is 0 Å². The lowest BCUT2D eigenvalue weighted by Crippen LogP contribution is -2.29. The van der Waals surface area contributed by atoms with E-state index in [0.717, 1.165) is 25.9 Å². The van der Waals surface area contributed by atoms with Gasteiger partial charge in [-0.25, -0.2) is 9.37 Å². The van der Waals surface area contributed by atoms with Crippen LogP contribution in [0.25, 0.3) is 5.57 Å². The minimum absolute atomic E-state index is 0.0886. The zero-order valence-corrected chi connectivity index (χ0v) is 18.1. The Bertz CT molecular complexity index is 961. The number of benzene rings is 1. The highest BCUT2D eigenvalue weighted by atomic mass is 35.5. The van der Waals surface area contributed by atoms with Crippen LogP contribution >= 0.6 is 23.2 Å². The molecule has 30 heavy (non-hydrogen) atoms. The van der Waals surface area contributed by atoms with E-state index < -0.39 is 11.9 Å². The molecule has 0 aliphatic carbocycles. The van der Waals surface area contributed by atoms with Gasteiger partial charge < -0.3 is 21.5 Å². The number of ether oxygens (including phenoxy) is 1. The van der Waals surface area contributed by atoms with Gasteiger partial charge in [0.15, 0.2) is 11.6 Å². The molecule has 0 spiro atoms. The molecule has 0 bridgehead atoms. The highest BCUT2D eigenvalue weighted by Gasteiger charge is 2.20. The number of nitrogens with two attached hydrogens (primary N) is 2. The maximum Gasteiger partial charge on any atom is 0.166 e. The Kier molecular flexibility index (Phi) is 7.53. The molecule has 160 valence electrons. The molecule has 3 rings (SSSR count). The lowest BCUT2D eigenvalue weighted by molar-refractivity contribution is 0.227. The summed E-state index contributed by atoms with van der Waals surface area (Å²) in [5.74, 6) is -0.0826. The van der Waals surface area contributed by atoms with Crippen LogP contribution in [0.1, 0.15) is 37.0 Å². The first-order chi connectivity index (χ1) is 14.4. The summed E-state index contributed by atoms with van der Waals surface area (Å²) in [4.78, 5) is 8.83. The van der Waals surface area contributed by atoms with Gasteiger partial charge in [0.05, 0.1) is 11.1 Å². The predicted molar refractivity (Wildman–Crippen MR) is 121 cm³/mol. The summed E-state index contributed by atoms with van der Waals surface area (Å²) in [6.45, 7) is 3.61. The van der Waals surface area contributed by atoms with Crippen molar-refractivity contribution < 1.29 is 9.13 Å². The molecule has 1 fully saturated rings. The fraction of sp³-hybridized carbons (Fsp3) is 0.333. The van der Waals surface area contributed by atoms with Gasteiger partial charge in [-0.05, 0) is 51.1 Å². The number of anilines is 1. The van der Waals surface area contributed by atoms with Crippen LogP contribution in [0, 0.1) is 5.82 Å². The molecular formula is C21H24Cl2FN5O. The van der Waals surface area contributed by atoms with Crippen LogP contribution in [0.15, 0.2) is 35.6 Å². The highest BCUT2D eigenvalue weighted by molar-refractivity contribution is 6.36. The van der Waals surface area contributed by atoms with Crippen LogP contribution in [-0.2, 0) is 0 Å². The van der Waals surface area contributed by atoms with Gasteiger partial charge in [-0.1, -0.05) is 23.2 Å². The van der Waals surface area contributed by atoms with Crippen LogP contribution in [-0.4, -0.2) is 30.3 Å². The minimum Gasteiger partial charge on any atom is -0.482 e. The van der Waals surface area contributed by atoms with Crippen LogP contribution in [0.4, 0.5) is 10.2 Å². The van der Waals surface area contributed by atoms with Gasteiger partial charge in [-0.15, -0.1) is 0 Å². The number of pyridine rings is 1. The normalized spacial score (nSPS) is 16.7. The first-order valence-electron chi connectivity index (χ1n) is 9.62. The Hall–Kier alpha value is -2.35. The first-order valence-corrected chi connectivity index (χ1v) is 10.4. The molecule has 2 aromatic rings. The number of hydrogen-bond acceptors (Lipinski definition) is 6. The summed E-state index contributed by atoms with van der Waals surface area (Å²) in [6, 6.07) is 4.61. The van der Waals surface area contributed by atoms with E-state index in [0.29, 0.717) is 27.5 Å². The van der Waals surface area contributed by atoms with Crippen molar-refractivity contribution in [2.45, 2.75) is 31.9 Å². The quantitative estimate of drug-likeness (QED) is 0.447. The van der Waals surface area contributed by atoms with Crippen molar-refractivity contribution in [1.29, 1.82) is 0 Å². The molecule has 1 aromatic carbocycles. The van der Waals surface area contributed by atoms with Gasteiger partial charge in [0.1, 0.15) is 11.9 Å². The van der Waals surface area contributed by atoms with Crippen molar-refractivity contribution in [3.63, 3.8) is 0 Å². The number of allylic oxidation sites excluding steroid dienone is 1. The van der Waals surface area contributed by atoms with Crippen molar-refractivity contribution in [2.24, 2.45) is 10.7 Å². The molecule has 6 nitrogen and oxygen atoms in total. The maximum absolute atomic E-state index is 13.9. The molecule has 1 aliphatic heterocycles. The molecule has 2 heterocycles. The Morgan fingerprint density at radius 3 is 2.80 bits per heavy atom. The van der Waals surface area contributed by atoms with Crippen molar-refractivity contribution in [1.82, 2.24) is 10.3 Å². The Balaban J connectivity index is 1.82. The van der Waals surface area contributed by atoms with Gasteiger partial charge in [-0.3, -0.25) is 4.99 Å². The predicted octanol–water partition coefficient (Wildman–Crippen LogP) is 4.37. The number of halogens is 3. The molecule has 1 aliphatic rings. The second kappa shape index (κ2) is 10.1. The summed E-state index contributed by atoms with van der Waals surface area (Å²) in [7, 11) is 0. The SMILES string of the molecule is CC(Oc1cc(/C(C=NC2CCNCC2)=C/N)cnc1N)c1c(Cl)ccc(F)c1Cl. The van der Waals surface area contributed by atoms with E-state index in [1.807, 2.05) is 0 Å². The smallest absolute Gasteiger partial charge is 0.166 e. The van der Waals surface area contributed by atoms with E-state index in [-0.39, 0.29) is 16.9 Å². The monoisotopic (exact) mass is 451 g/mol. The van der Waals surface area contributed by atoms with E-state index in [1.165, 1.54) is 18.3 Å². The third-order valence-electron chi connectivity index (χ3n) is 4.92. The zero-order valence-electron chi connectivity index (χ0n) is 16.5. The number of piperidine rings is 1. The molecule has 1 saturated heterocycles. The largest absolute Gasteiger partial charge is 0.482 e. The molecule has 5 N–H and O–H groups in total. The Morgan fingerprint density at radius 1 is 1.37 bits per heavy atom. The van der Waals surface area contributed by atoms with Crippen LogP contribution in [0.5, 0.6) is 5.75 Å². The topological polar surface area (TPSA) is 98.5 Å². The lowest BCUT2D eigenvalue weighted by atomic mass is 10.1. The van der Waals surface area contributed by atoms with E-state index in [4.69, 9.17) is 39.4 Å². The van der Waals surface area contributed by atoms with Crippen LogP contribution in [0.2, 0.25) is 10.0 Å². The van der Waals surface area contributed by atoms with Crippen LogP contribution in [0.3, 0.4) is 0 Å². The number of hydrogen-bond donors (Lipinski definition) is 3. The highest BCUT2D eigenvalue weighted by Crippen LogP contribution is 2.36. The first kappa shape index (κ1) is 22.3. The number of aromatic nitrogens is 1. The van der Waals surface area contributed by atoms with Crippen molar-refractivity contribution >= 4 is 40.8 Å². The van der Waals surface area contributed by atoms with Gasteiger partial charge in [0.2, 0.25) is 0 Å². The molecule has 0 radical (unpaired) electrons. The van der Waals surface area contributed by atoms with Crippen LogP contribution < -0.4 is 21.5 Å². The second-order valence-corrected chi connectivity index (χ2v) is 7.79. The summed E-state index contributed by atoms with van der Waals surface area (Å²) in [5, 5.41) is 3.52. The van der Waals surface area contributed by atoms with Crippen molar-refractivity contribution in [3.05, 3.63) is 57.6 Å². The molecule has 1 atom stereocenters. The van der Waals surface area contributed by atoms with E-state index in [2.05, 4.69) is 15.3 Å². The van der Waals surface area contributed by atoms with Gasteiger partial charge in [-0.2, -0.15) is 0 Å². The summed E-state index contributed by atoms with van der Waals surface area (Å²) in [5.41, 5.74) is 13.5. The Labute approximate surface area is 185 Å². The average Bonchev–Trinajstić information content (AvgIpc) is 2.74. The number of aliphatic imine (C=N–C) groups is 1. The third kappa shape index (κ3) is 5.22. The standard InChI is InChI=1S/C21H24Cl2FN5O/c1-12(19-16(22)2-3-17(24)20(19)23)30-18-8-13(10-29-21(18)26)14(9-25)11-28-15-4-6-27-7-5-15/h2-3,8-12,15,27H,4-7,25H2,1H3,(H2,26,29)/b14-9+,28-11?. The van der Waals surface area contributed by atoms with E-state index in [1.54, 1.807) is 25.4 Å². The van der Waals surface area contributed by atoms with Gasteiger partial charge in [0.25, 0.3) is 0 Å². The van der Waals surface area contributed by atoms with Crippen molar-refractivity contribution in [3.8, 4) is 5.75 Å². The number of rotatable bonds is 6. The maximum atomic E-state index is 13.9. The Morgan fingerprint density at radius 2 is 2.10 bits per heavy atom. The summed E-state index contributed by atoms with van der Waals surface area (Å²) >= 11 is 12.3. The zero-order chi connectivity index (χ0) is 21.7. The summed E-state index contributed by atoms with van der Waals surface area (Å²) < 4.78 is 19.8. The number of nitrogen functional groups attached to an aromatic ring is 1. The molecule has 0 saturated carbocycles. The van der Waals surface area contributed by atoms with Crippen molar-refractivity contribution in [2.75, 3.05) is 18.8 Å². The molecule has 1 aromatic heterocycles. The van der Waals surface area contributed by atoms with Gasteiger partial charge >= 0.3 is 0 Å². The van der Waals surface area contributed by atoms with Gasteiger partial charge in [0, 0.05) is 40.3 Å². The second-order valence-electron chi connectivity index (χ2n) is 7.01. The molecule has 1 unspecified atom stereocenters. The fourth-order valence-electron chi connectivity index (χ4n) is 3.23. The number of nitrogens with one attached hydrogen (secondary N) is 1. The summed E-state index contributed by atoms with van der Waals surface area (Å²) in [6.07, 6.45) is 6.11.